The van der Waals surface area contributed by atoms with Crippen LogP contribution >= 0.6 is 0 Å². The lowest BCUT2D eigenvalue weighted by molar-refractivity contribution is 0.0964. The SMILES string of the molecule is CNC(=O)c1c(-c2ccc(C)cc2)oc2cc(N(c3cc(C)c4c(c3)COB4)S(C)(=O)=O)c(C3CC3)cc12. The number of sulfonamides is 1. The highest BCUT2D eigenvalue weighted by atomic mass is 32.2. The van der Waals surface area contributed by atoms with Gasteiger partial charge in [0, 0.05) is 24.1 Å². The third-order valence-corrected chi connectivity index (χ3v) is 8.53. The van der Waals surface area contributed by atoms with E-state index in [0.717, 1.165) is 46.1 Å². The van der Waals surface area contributed by atoms with Crippen molar-refractivity contribution >= 4 is 51.2 Å². The van der Waals surface area contributed by atoms with E-state index in [4.69, 9.17) is 9.07 Å². The predicted octanol–water partition coefficient (Wildman–Crippen LogP) is 4.56. The summed E-state index contributed by atoms with van der Waals surface area (Å²) in [7, 11) is -1.58. The predicted molar refractivity (Wildman–Crippen MR) is 151 cm³/mol. The van der Waals surface area contributed by atoms with Gasteiger partial charge in [0.05, 0.1) is 29.8 Å². The van der Waals surface area contributed by atoms with Gasteiger partial charge in [0.2, 0.25) is 10.0 Å². The summed E-state index contributed by atoms with van der Waals surface area (Å²) < 4.78 is 40.1. The Morgan fingerprint density at radius 2 is 1.82 bits per heavy atom. The first kappa shape index (κ1) is 24.8. The van der Waals surface area contributed by atoms with Crippen molar-refractivity contribution in [3.8, 4) is 11.3 Å². The molecule has 1 aliphatic heterocycles. The van der Waals surface area contributed by atoms with Gasteiger partial charge in [-0.2, -0.15) is 0 Å². The fraction of sp³-hybridized carbons (Fsp3) is 0.276. The van der Waals surface area contributed by atoms with E-state index < -0.39 is 10.0 Å². The van der Waals surface area contributed by atoms with Crippen molar-refractivity contribution < 1.29 is 22.3 Å². The lowest BCUT2D eigenvalue weighted by Crippen LogP contribution is -2.27. The fourth-order valence-corrected chi connectivity index (χ4v) is 6.40. The average molecular weight is 528 g/mol. The topological polar surface area (TPSA) is 88.8 Å². The summed E-state index contributed by atoms with van der Waals surface area (Å²) in [6.07, 6.45) is 3.15. The number of anilines is 2. The van der Waals surface area contributed by atoms with E-state index in [2.05, 4.69) is 5.32 Å². The minimum absolute atomic E-state index is 0.216. The van der Waals surface area contributed by atoms with Gasteiger partial charge in [-0.25, -0.2) is 12.7 Å². The highest BCUT2D eigenvalue weighted by Crippen LogP contribution is 2.49. The van der Waals surface area contributed by atoms with Gasteiger partial charge in [0.15, 0.2) is 0 Å². The molecule has 1 fully saturated rings. The molecule has 3 aromatic carbocycles. The summed E-state index contributed by atoms with van der Waals surface area (Å²) in [5.41, 5.74) is 7.97. The summed E-state index contributed by atoms with van der Waals surface area (Å²) in [6, 6.07) is 15.4. The highest BCUT2D eigenvalue weighted by molar-refractivity contribution is 7.92. The lowest BCUT2D eigenvalue weighted by Gasteiger charge is -2.26. The Balaban J connectivity index is 1.61. The number of aryl methyl sites for hydroxylation is 2. The molecule has 1 amide bonds. The monoisotopic (exact) mass is 528 g/mol. The van der Waals surface area contributed by atoms with Gasteiger partial charge >= 0.3 is 7.48 Å². The zero-order valence-electron chi connectivity index (χ0n) is 21.9. The molecule has 9 heteroatoms. The van der Waals surface area contributed by atoms with Gasteiger partial charge in [-0.05, 0) is 67.4 Å². The standard InChI is InChI=1S/C29H29BN2O5S/c1-16-5-7-19(8-6-16)28-26(29(33)31-3)23-13-22(18-9-10-18)24(14-25(23)37-28)32(38(4,34)35)21-11-17(2)27-20(12-21)15-36-30-27/h5-8,11-14,18,30H,9-10,15H2,1-4H3,(H,31,33). The Bertz CT molecular complexity index is 1710. The number of furan rings is 1. The zero-order valence-corrected chi connectivity index (χ0v) is 22.7. The van der Waals surface area contributed by atoms with Crippen LogP contribution in [0.1, 0.15) is 51.4 Å². The second-order valence-corrected chi connectivity index (χ2v) is 12.2. The van der Waals surface area contributed by atoms with E-state index in [9.17, 15) is 13.2 Å². The quantitative estimate of drug-likeness (QED) is 0.371. The second kappa shape index (κ2) is 9.03. The van der Waals surface area contributed by atoms with E-state index in [-0.39, 0.29) is 11.8 Å². The highest BCUT2D eigenvalue weighted by Gasteiger charge is 2.34. The molecule has 1 aromatic heterocycles. The normalized spacial score (nSPS) is 14.8. The zero-order chi connectivity index (χ0) is 26.8. The average Bonchev–Trinajstić information content (AvgIpc) is 3.48. The molecule has 1 N–H and O–H groups in total. The van der Waals surface area contributed by atoms with Gasteiger partial charge in [-0.3, -0.25) is 4.79 Å². The third-order valence-electron chi connectivity index (χ3n) is 7.46. The molecular weight excluding hydrogens is 499 g/mol. The number of amides is 1. The number of nitrogens with zero attached hydrogens (tertiary/aromatic N) is 1. The Labute approximate surface area is 223 Å². The van der Waals surface area contributed by atoms with Crippen LogP contribution in [0, 0.1) is 13.8 Å². The Morgan fingerprint density at radius 1 is 1.08 bits per heavy atom. The molecule has 0 saturated heterocycles. The van der Waals surface area contributed by atoms with Crippen molar-refractivity contribution in [3.63, 3.8) is 0 Å². The van der Waals surface area contributed by atoms with Crippen LogP contribution in [0.5, 0.6) is 0 Å². The van der Waals surface area contributed by atoms with E-state index >= 15 is 0 Å². The molecule has 7 nitrogen and oxygen atoms in total. The molecule has 4 aromatic rings. The first-order valence-electron chi connectivity index (χ1n) is 12.8. The molecule has 1 saturated carbocycles. The van der Waals surface area contributed by atoms with Crippen LogP contribution in [-0.2, 0) is 21.3 Å². The number of carbonyl (C=O) groups is 1. The minimum Gasteiger partial charge on any atom is -0.455 e. The van der Waals surface area contributed by atoms with E-state index in [1.54, 1.807) is 13.1 Å². The molecule has 0 spiro atoms. The largest absolute Gasteiger partial charge is 0.455 e. The van der Waals surface area contributed by atoms with Gasteiger partial charge in [-0.1, -0.05) is 35.4 Å². The molecule has 0 bridgehead atoms. The van der Waals surface area contributed by atoms with Crippen LogP contribution in [0.3, 0.4) is 0 Å². The number of rotatable bonds is 6. The first-order valence-corrected chi connectivity index (χ1v) is 14.6. The number of carbonyl (C=O) groups excluding carboxylic acids is 1. The molecule has 194 valence electrons. The Morgan fingerprint density at radius 3 is 2.47 bits per heavy atom. The molecule has 2 aliphatic rings. The first-order chi connectivity index (χ1) is 18.2. The maximum Gasteiger partial charge on any atom is 0.309 e. The molecule has 38 heavy (non-hydrogen) atoms. The summed E-state index contributed by atoms with van der Waals surface area (Å²) in [5, 5.41) is 3.42. The maximum absolute atomic E-state index is 13.4. The molecule has 2 heterocycles. The maximum atomic E-state index is 13.4. The summed E-state index contributed by atoms with van der Waals surface area (Å²) >= 11 is 0. The summed E-state index contributed by atoms with van der Waals surface area (Å²) in [6.45, 7) is 4.45. The van der Waals surface area contributed by atoms with Crippen LogP contribution in [0.4, 0.5) is 11.4 Å². The van der Waals surface area contributed by atoms with Crippen molar-refractivity contribution in [1.29, 1.82) is 0 Å². The van der Waals surface area contributed by atoms with Crippen LogP contribution in [0.15, 0.2) is 52.9 Å². The van der Waals surface area contributed by atoms with Crippen molar-refractivity contribution in [3.05, 3.63) is 76.3 Å². The van der Waals surface area contributed by atoms with Gasteiger partial charge in [0.1, 0.15) is 11.3 Å². The number of hydrogen-bond donors (Lipinski definition) is 1. The van der Waals surface area contributed by atoms with Crippen molar-refractivity contribution in [1.82, 2.24) is 5.32 Å². The van der Waals surface area contributed by atoms with Gasteiger partial charge in [-0.15, -0.1) is 0 Å². The van der Waals surface area contributed by atoms with Crippen LogP contribution in [0.2, 0.25) is 0 Å². The van der Waals surface area contributed by atoms with Crippen molar-refractivity contribution in [2.45, 2.75) is 39.2 Å². The Hall–Kier alpha value is -3.56. The number of hydrogen-bond acceptors (Lipinski definition) is 5. The van der Waals surface area contributed by atoms with Crippen LogP contribution in [-0.4, -0.2) is 35.1 Å². The van der Waals surface area contributed by atoms with Crippen molar-refractivity contribution in [2.24, 2.45) is 0 Å². The number of benzene rings is 3. The molecule has 0 unspecified atom stereocenters. The van der Waals surface area contributed by atoms with E-state index in [0.29, 0.717) is 47.8 Å². The summed E-state index contributed by atoms with van der Waals surface area (Å²) in [5.74, 6) is 0.436. The number of nitrogens with one attached hydrogen (secondary N) is 1. The lowest BCUT2D eigenvalue weighted by atomic mass is 9.83. The molecular formula is C29H29BN2O5S. The molecule has 6 rings (SSSR count). The Kier molecular flexibility index (Phi) is 5.88. The van der Waals surface area contributed by atoms with E-state index in [1.807, 2.05) is 56.3 Å². The van der Waals surface area contributed by atoms with Gasteiger partial charge < -0.3 is 14.4 Å². The van der Waals surface area contributed by atoms with Gasteiger partial charge in [0.25, 0.3) is 5.91 Å². The van der Waals surface area contributed by atoms with Crippen LogP contribution < -0.4 is 15.1 Å². The fourth-order valence-electron chi connectivity index (χ4n) is 5.40. The number of fused-ring (bicyclic) bond motifs is 2. The third kappa shape index (κ3) is 4.20. The molecule has 0 atom stereocenters. The smallest absolute Gasteiger partial charge is 0.309 e. The molecule has 1 aliphatic carbocycles. The van der Waals surface area contributed by atoms with E-state index in [1.165, 1.54) is 10.6 Å². The van der Waals surface area contributed by atoms with Crippen LogP contribution in [0.25, 0.3) is 22.3 Å². The molecule has 0 radical (unpaired) electrons. The summed E-state index contributed by atoms with van der Waals surface area (Å²) in [4.78, 5) is 13.1. The van der Waals surface area contributed by atoms with Crippen molar-refractivity contribution in [2.75, 3.05) is 17.6 Å². The minimum atomic E-state index is -3.71. The second-order valence-electron chi connectivity index (χ2n) is 10.4.